The molecule has 1 amide bonds. The summed E-state index contributed by atoms with van der Waals surface area (Å²) in [6, 6.07) is 3.90. The Balaban J connectivity index is 1.50. The number of hydrogen-bond acceptors (Lipinski definition) is 5. The second-order valence-corrected chi connectivity index (χ2v) is 6.83. The van der Waals surface area contributed by atoms with Gasteiger partial charge in [0, 0.05) is 37.3 Å². The minimum Gasteiger partial charge on any atom is -0.469 e. The Kier molecular flexibility index (Phi) is 5.30. The van der Waals surface area contributed by atoms with Crippen molar-refractivity contribution in [2.45, 2.75) is 25.7 Å². The number of ether oxygens (including phenoxy) is 1. The van der Waals surface area contributed by atoms with Crippen LogP contribution in [0.15, 0.2) is 29.9 Å². The quantitative estimate of drug-likeness (QED) is 0.779. The van der Waals surface area contributed by atoms with Gasteiger partial charge in [-0.15, -0.1) is 11.3 Å². The average Bonchev–Trinajstić information content (AvgIpc) is 3.26. The van der Waals surface area contributed by atoms with Gasteiger partial charge in [-0.05, 0) is 30.9 Å². The van der Waals surface area contributed by atoms with Gasteiger partial charge >= 0.3 is 5.97 Å². The zero-order valence-corrected chi connectivity index (χ0v) is 14.5. The van der Waals surface area contributed by atoms with E-state index >= 15 is 0 Å². The summed E-state index contributed by atoms with van der Waals surface area (Å²) in [5, 5.41) is 2.82. The van der Waals surface area contributed by atoms with Crippen LogP contribution in [0.5, 0.6) is 0 Å². The first kappa shape index (κ1) is 16.7. The van der Waals surface area contributed by atoms with Crippen LogP contribution in [-0.4, -0.2) is 46.5 Å². The van der Waals surface area contributed by atoms with E-state index in [4.69, 9.17) is 4.74 Å². The van der Waals surface area contributed by atoms with E-state index in [-0.39, 0.29) is 11.9 Å². The predicted octanol–water partition coefficient (Wildman–Crippen LogP) is 2.28. The lowest BCUT2D eigenvalue weighted by Crippen LogP contribution is -2.39. The second kappa shape index (κ2) is 7.61. The van der Waals surface area contributed by atoms with Gasteiger partial charge in [-0.2, -0.15) is 0 Å². The van der Waals surface area contributed by atoms with Crippen LogP contribution in [0.1, 0.15) is 25.0 Å². The molecule has 1 saturated heterocycles. The normalized spacial score (nSPS) is 15.5. The van der Waals surface area contributed by atoms with Crippen LogP contribution in [0.4, 0.5) is 0 Å². The molecule has 1 aliphatic heterocycles. The van der Waals surface area contributed by atoms with Gasteiger partial charge in [0.05, 0.1) is 19.2 Å². The van der Waals surface area contributed by atoms with E-state index in [1.807, 2.05) is 39.4 Å². The zero-order valence-electron chi connectivity index (χ0n) is 13.7. The fourth-order valence-corrected chi connectivity index (χ4v) is 3.72. The van der Waals surface area contributed by atoms with Crippen molar-refractivity contribution in [1.82, 2.24) is 14.5 Å². The number of aromatic nitrogens is 2. The van der Waals surface area contributed by atoms with Crippen molar-refractivity contribution >= 4 is 23.2 Å². The van der Waals surface area contributed by atoms with Crippen LogP contribution in [0, 0.1) is 5.92 Å². The Morgan fingerprint density at radius 2 is 2.00 bits per heavy atom. The predicted molar refractivity (Wildman–Crippen MR) is 91.1 cm³/mol. The molecule has 3 rings (SSSR count). The summed E-state index contributed by atoms with van der Waals surface area (Å²) < 4.78 is 6.65. The molecule has 0 bridgehead atoms. The van der Waals surface area contributed by atoms with Crippen molar-refractivity contribution in [3.05, 3.63) is 35.6 Å². The third-order valence-electron chi connectivity index (χ3n) is 4.35. The maximum atomic E-state index is 12.4. The van der Waals surface area contributed by atoms with Crippen LogP contribution < -0.4 is 0 Å². The molecule has 0 atom stereocenters. The number of rotatable bonds is 5. The van der Waals surface area contributed by atoms with Gasteiger partial charge in [0.1, 0.15) is 0 Å². The molecule has 1 aliphatic rings. The molecular weight excluding hydrogens is 326 g/mol. The van der Waals surface area contributed by atoms with Gasteiger partial charge in [0.2, 0.25) is 5.91 Å². The number of nitrogens with zero attached hydrogens (tertiary/aromatic N) is 3. The summed E-state index contributed by atoms with van der Waals surface area (Å²) in [5.74, 6) is 0.261. The van der Waals surface area contributed by atoms with Crippen molar-refractivity contribution in [2.24, 2.45) is 5.92 Å². The topological polar surface area (TPSA) is 64.4 Å². The lowest BCUT2D eigenvalue weighted by molar-refractivity contribution is -0.142. The standard InChI is InChI=1S/C17H21N3O3S/c1-23-16(22)10-13-4-8-19(9-5-13)15(21)11-14-12-24-17(18-14)20-6-2-3-7-20/h2-3,6-7,12-13H,4-5,8-11H2,1H3. The van der Waals surface area contributed by atoms with Gasteiger partial charge in [-0.25, -0.2) is 4.98 Å². The first-order valence-corrected chi connectivity index (χ1v) is 8.96. The van der Waals surface area contributed by atoms with E-state index in [0.717, 1.165) is 23.7 Å². The number of carbonyl (C=O) groups is 2. The fraction of sp³-hybridized carbons (Fsp3) is 0.471. The van der Waals surface area contributed by atoms with E-state index < -0.39 is 0 Å². The van der Waals surface area contributed by atoms with Crippen molar-refractivity contribution in [3.8, 4) is 5.13 Å². The van der Waals surface area contributed by atoms with Crippen molar-refractivity contribution < 1.29 is 14.3 Å². The molecule has 0 unspecified atom stereocenters. The number of hydrogen-bond donors (Lipinski definition) is 0. The molecule has 6 nitrogen and oxygen atoms in total. The number of thiazole rings is 1. The molecule has 0 aromatic carbocycles. The van der Waals surface area contributed by atoms with Gasteiger partial charge in [0.15, 0.2) is 5.13 Å². The molecule has 1 fully saturated rings. The molecule has 128 valence electrons. The number of esters is 1. The number of methoxy groups -OCH3 is 1. The van der Waals surface area contributed by atoms with Crippen LogP contribution in [0.25, 0.3) is 5.13 Å². The van der Waals surface area contributed by atoms with Crippen molar-refractivity contribution in [2.75, 3.05) is 20.2 Å². The van der Waals surface area contributed by atoms with Crippen LogP contribution >= 0.6 is 11.3 Å². The van der Waals surface area contributed by atoms with Crippen molar-refractivity contribution in [1.29, 1.82) is 0 Å². The summed E-state index contributed by atoms with van der Waals surface area (Å²) in [5.41, 5.74) is 0.811. The van der Waals surface area contributed by atoms with E-state index in [9.17, 15) is 9.59 Å². The van der Waals surface area contributed by atoms with Gasteiger partial charge in [-0.1, -0.05) is 0 Å². The highest BCUT2D eigenvalue weighted by Crippen LogP contribution is 2.22. The number of carbonyl (C=O) groups excluding carboxylic acids is 2. The second-order valence-electron chi connectivity index (χ2n) is 5.99. The molecule has 2 aromatic rings. The molecule has 0 N–H and O–H groups in total. The largest absolute Gasteiger partial charge is 0.469 e. The summed E-state index contributed by atoms with van der Waals surface area (Å²) >= 11 is 1.54. The maximum absolute atomic E-state index is 12.4. The van der Waals surface area contributed by atoms with Crippen LogP contribution in [0.2, 0.25) is 0 Å². The number of amides is 1. The number of likely N-dealkylation sites (tertiary alicyclic amines) is 1. The van der Waals surface area contributed by atoms with Crippen LogP contribution in [-0.2, 0) is 20.7 Å². The highest BCUT2D eigenvalue weighted by molar-refractivity contribution is 7.12. The van der Waals surface area contributed by atoms with E-state index in [0.29, 0.717) is 31.8 Å². The van der Waals surface area contributed by atoms with E-state index in [1.54, 1.807) is 0 Å². The summed E-state index contributed by atoms with van der Waals surface area (Å²) in [7, 11) is 1.41. The SMILES string of the molecule is COC(=O)CC1CCN(C(=O)Cc2csc(-n3cccc3)n2)CC1. The molecule has 2 aromatic heterocycles. The first-order valence-electron chi connectivity index (χ1n) is 8.08. The lowest BCUT2D eigenvalue weighted by Gasteiger charge is -2.31. The first-order chi connectivity index (χ1) is 11.7. The lowest BCUT2D eigenvalue weighted by atomic mass is 9.93. The average molecular weight is 347 g/mol. The molecule has 0 radical (unpaired) electrons. The maximum Gasteiger partial charge on any atom is 0.305 e. The molecule has 0 spiro atoms. The fourth-order valence-electron chi connectivity index (χ4n) is 2.93. The highest BCUT2D eigenvalue weighted by Gasteiger charge is 2.25. The zero-order chi connectivity index (χ0) is 16.9. The Morgan fingerprint density at radius 1 is 1.29 bits per heavy atom. The Bertz CT molecular complexity index is 688. The molecular formula is C17H21N3O3S. The van der Waals surface area contributed by atoms with E-state index in [2.05, 4.69) is 4.98 Å². The molecule has 0 saturated carbocycles. The monoisotopic (exact) mass is 347 g/mol. The van der Waals surface area contributed by atoms with Gasteiger partial charge < -0.3 is 14.2 Å². The number of piperidine rings is 1. The summed E-state index contributed by atoms with van der Waals surface area (Å²) in [6.07, 6.45) is 6.37. The Hall–Kier alpha value is -2.15. The smallest absolute Gasteiger partial charge is 0.305 e. The Morgan fingerprint density at radius 3 is 2.67 bits per heavy atom. The highest BCUT2D eigenvalue weighted by atomic mass is 32.1. The molecule has 24 heavy (non-hydrogen) atoms. The van der Waals surface area contributed by atoms with Crippen LogP contribution in [0.3, 0.4) is 0 Å². The molecule has 0 aliphatic carbocycles. The summed E-state index contributed by atoms with van der Waals surface area (Å²) in [6.45, 7) is 1.41. The Labute approximate surface area is 145 Å². The van der Waals surface area contributed by atoms with Gasteiger partial charge in [0.25, 0.3) is 0 Å². The molecule has 3 heterocycles. The summed E-state index contributed by atoms with van der Waals surface area (Å²) in [4.78, 5) is 30.2. The van der Waals surface area contributed by atoms with E-state index in [1.165, 1.54) is 18.4 Å². The third kappa shape index (κ3) is 4.03. The van der Waals surface area contributed by atoms with Gasteiger partial charge in [-0.3, -0.25) is 9.59 Å². The minimum absolute atomic E-state index is 0.107. The van der Waals surface area contributed by atoms with Crippen molar-refractivity contribution in [3.63, 3.8) is 0 Å². The molecule has 7 heteroatoms. The third-order valence-corrected chi connectivity index (χ3v) is 5.25. The minimum atomic E-state index is -0.167.